The quantitative estimate of drug-likeness (QED) is 0.0153. The van der Waals surface area contributed by atoms with Gasteiger partial charge in [-0.1, -0.05) is 170 Å². The van der Waals surface area contributed by atoms with Crippen LogP contribution in [0.3, 0.4) is 0 Å². The van der Waals surface area contributed by atoms with Crippen molar-refractivity contribution in [1.82, 2.24) is 59.2 Å². The summed E-state index contributed by atoms with van der Waals surface area (Å²) in [4.78, 5) is 194. The Balaban J connectivity index is 1.10. The van der Waals surface area contributed by atoms with Gasteiger partial charge < -0.3 is 87.9 Å². The van der Waals surface area contributed by atoms with Crippen LogP contribution in [-0.2, 0) is 83.7 Å². The SMILES string of the molecule is C[C@H](c1ccccc1)N(CC(=O)N(CCCCN)CC(=O)N(CC(=O)N(CC(=O)N(CCCCN)CC(=O)N(CC(=O)N(CC(=O)N(CCCCN)CC(=O)N(CC(=O)N(CC(N)=O)[C@@H](C)c1ccccc1)Cc1ccc(F)cc1)[C@H](C)c1ccccc1)Cc1ccc(F)cc1)[C@H](C)c1ccccc1)Cc1ccc(F)cc1)C(=O)CN(Cc1ccc(F)cc1)C(=O)CNCCCCN. The second-order valence-corrected chi connectivity index (χ2v) is 33.0. The molecule has 0 aliphatic heterocycles. The Hall–Kier alpha value is -13.1. The number of hydrogen-bond donors (Lipinski definition) is 6. The zero-order valence-corrected chi connectivity index (χ0v) is 76.4. The van der Waals surface area contributed by atoms with Crippen molar-refractivity contribution in [3.63, 3.8) is 0 Å². The van der Waals surface area contributed by atoms with Crippen molar-refractivity contribution in [2.45, 2.75) is 129 Å². The van der Waals surface area contributed by atoms with Gasteiger partial charge in [-0.3, -0.25) is 57.5 Å². The van der Waals surface area contributed by atoms with Crippen molar-refractivity contribution in [2.75, 3.05) is 131 Å². The Morgan fingerprint density at radius 3 is 0.699 bits per heavy atom. The number of hydrogen-bond acceptors (Lipinski definition) is 17. The van der Waals surface area contributed by atoms with Crippen molar-refractivity contribution < 1.29 is 75.1 Å². The van der Waals surface area contributed by atoms with Gasteiger partial charge in [-0.15, -0.1) is 0 Å². The Labute approximate surface area is 776 Å². The van der Waals surface area contributed by atoms with Crippen LogP contribution in [0.4, 0.5) is 17.6 Å². The molecule has 0 radical (unpaired) electrons. The minimum absolute atomic E-state index is 0.0667. The lowest BCUT2D eigenvalue weighted by Crippen LogP contribution is -2.53. The highest BCUT2D eigenvalue weighted by Crippen LogP contribution is 2.28. The average Bonchev–Trinajstić information content (AvgIpc) is 0.828. The van der Waals surface area contributed by atoms with Crippen LogP contribution in [0.1, 0.15) is 148 Å². The molecule has 0 saturated carbocycles. The fourth-order valence-electron chi connectivity index (χ4n) is 15.2. The highest BCUT2D eigenvalue weighted by molar-refractivity contribution is 5.95. The highest BCUT2D eigenvalue weighted by Gasteiger charge is 2.37. The number of unbranched alkanes of at least 4 members (excludes halogenated alkanes) is 4. The third-order valence-corrected chi connectivity index (χ3v) is 23.2. The number of carbonyl (C=O) groups is 12. The fourth-order valence-corrected chi connectivity index (χ4v) is 15.2. The maximum atomic E-state index is 15.8. The maximum Gasteiger partial charge on any atom is 0.243 e. The van der Waals surface area contributed by atoms with E-state index in [0.717, 1.165) is 17.0 Å². The van der Waals surface area contributed by atoms with Crippen LogP contribution in [0.5, 0.6) is 0 Å². The number of primary amides is 1. The molecule has 133 heavy (non-hydrogen) atoms. The minimum Gasteiger partial charge on any atom is -0.368 e. The van der Waals surface area contributed by atoms with Gasteiger partial charge in [0.05, 0.1) is 56.9 Å². The monoisotopic (exact) mass is 1830 g/mol. The standard InChI is InChI=1S/C100H127F4N17O12/c1-73(81-25-9-5-10-26-81)118(62-89(109)122)97(130)67-115(59-78-35-43-86(102)44-36-78)91(124)63-111(54-22-18-50-106)95(128)71-120(75(3)83-29-13-7-14-30-83)99(132)69-117(61-80-39-47-88(104)48-40-80)93(126)65-113(56-24-20-52-108)96(129)72-121(76(4)84-31-15-8-16-32-84)100(133)68-116(60-79-37-45-87(103)46-38-79)92(125)64-112(55-23-19-51-107)94(127)70-119(74(2)82-27-11-6-12-28-82)98(131)66-114(58-77-33-41-85(101)42-34-77)90(123)57-110-53-21-17-49-105/h5-16,25-48,73-76,110H,17-24,49-72,105-108H2,1-4H3,(H2,109,122)/t73-,74+,75+,76+/m0/s1. The van der Waals surface area contributed by atoms with Gasteiger partial charge >= 0.3 is 0 Å². The summed E-state index contributed by atoms with van der Waals surface area (Å²) < 4.78 is 58.3. The van der Waals surface area contributed by atoms with Crippen LogP contribution in [-0.4, -0.2) is 256 Å². The largest absolute Gasteiger partial charge is 0.368 e. The van der Waals surface area contributed by atoms with Gasteiger partial charge in [0.25, 0.3) is 0 Å². The first-order valence-corrected chi connectivity index (χ1v) is 45.1. The second kappa shape index (κ2) is 55.3. The van der Waals surface area contributed by atoms with Crippen LogP contribution in [0, 0.1) is 23.3 Å². The molecule has 0 heterocycles. The number of amides is 12. The number of rotatable bonds is 56. The van der Waals surface area contributed by atoms with Crippen LogP contribution < -0.4 is 34.0 Å². The van der Waals surface area contributed by atoms with E-state index in [4.69, 9.17) is 28.7 Å². The molecule has 0 aliphatic carbocycles. The molecule has 8 rings (SSSR count). The molecular weight excluding hydrogens is 1710 g/mol. The van der Waals surface area contributed by atoms with Gasteiger partial charge in [-0.05, 0) is 205 Å². The van der Waals surface area contributed by atoms with E-state index < -0.39 is 190 Å². The Kier molecular flexibility index (Phi) is 43.8. The molecule has 0 bridgehead atoms. The van der Waals surface area contributed by atoms with E-state index in [9.17, 15) is 31.9 Å². The number of carbonyl (C=O) groups excluding carboxylic acids is 12. The number of halogens is 4. The Morgan fingerprint density at radius 1 is 0.256 bits per heavy atom. The van der Waals surface area contributed by atoms with Gasteiger partial charge in [0.2, 0.25) is 70.9 Å². The highest BCUT2D eigenvalue weighted by atomic mass is 19.1. The second-order valence-electron chi connectivity index (χ2n) is 33.0. The first kappa shape index (κ1) is 105. The maximum absolute atomic E-state index is 15.8. The smallest absolute Gasteiger partial charge is 0.243 e. The van der Waals surface area contributed by atoms with Crippen molar-refractivity contribution in [2.24, 2.45) is 28.7 Å². The van der Waals surface area contributed by atoms with E-state index in [1.165, 1.54) is 134 Å². The molecule has 12 amide bonds. The molecule has 8 aromatic rings. The van der Waals surface area contributed by atoms with Crippen LogP contribution >= 0.6 is 0 Å². The van der Waals surface area contributed by atoms with E-state index in [1.807, 2.05) is 0 Å². The number of nitrogens with one attached hydrogen (secondary N) is 1. The molecule has 33 heteroatoms. The van der Waals surface area contributed by atoms with Gasteiger partial charge in [0, 0.05) is 45.8 Å². The van der Waals surface area contributed by atoms with Gasteiger partial charge in [-0.25, -0.2) is 17.6 Å². The summed E-state index contributed by atoms with van der Waals surface area (Å²) in [5.74, 6) is -11.0. The van der Waals surface area contributed by atoms with E-state index in [1.54, 1.807) is 149 Å². The van der Waals surface area contributed by atoms with Crippen LogP contribution in [0.25, 0.3) is 0 Å². The third-order valence-electron chi connectivity index (χ3n) is 23.2. The van der Waals surface area contributed by atoms with Crippen molar-refractivity contribution >= 4 is 70.9 Å². The molecule has 29 nitrogen and oxygen atoms in total. The lowest BCUT2D eigenvalue weighted by molar-refractivity contribution is -0.151. The van der Waals surface area contributed by atoms with Crippen molar-refractivity contribution in [1.29, 1.82) is 0 Å². The van der Waals surface area contributed by atoms with E-state index >= 15 is 43.2 Å². The van der Waals surface area contributed by atoms with Gasteiger partial charge in [0.1, 0.15) is 69.1 Å². The summed E-state index contributed by atoms with van der Waals surface area (Å²) in [6.07, 6.45) is 3.30. The molecule has 4 atom stereocenters. The van der Waals surface area contributed by atoms with Crippen molar-refractivity contribution in [3.8, 4) is 0 Å². The Bertz CT molecular complexity index is 5030. The summed E-state index contributed by atoms with van der Waals surface area (Å²) in [6.45, 7) is -0.559. The van der Waals surface area contributed by atoms with Crippen LogP contribution in [0.15, 0.2) is 218 Å². The molecule has 0 aliphatic rings. The normalized spacial score (nSPS) is 12.0. The van der Waals surface area contributed by atoms with E-state index in [2.05, 4.69) is 5.32 Å². The minimum atomic E-state index is -0.947. The summed E-state index contributed by atoms with van der Waals surface area (Å²) >= 11 is 0. The zero-order valence-electron chi connectivity index (χ0n) is 76.4. The molecule has 11 N–H and O–H groups in total. The molecule has 0 fully saturated rings. The summed E-state index contributed by atoms with van der Waals surface area (Å²) in [7, 11) is 0. The topological polar surface area (TPSA) is 383 Å². The molecule has 712 valence electrons. The zero-order chi connectivity index (χ0) is 96.3. The average molecular weight is 1840 g/mol. The van der Waals surface area contributed by atoms with Crippen molar-refractivity contribution in [3.05, 3.63) is 286 Å². The number of benzene rings is 8. The van der Waals surface area contributed by atoms with E-state index in [-0.39, 0.29) is 91.3 Å². The van der Waals surface area contributed by atoms with Crippen LogP contribution in [0.2, 0.25) is 0 Å². The molecule has 0 unspecified atom stereocenters. The molecule has 0 aromatic heterocycles. The first-order valence-electron chi connectivity index (χ1n) is 45.1. The summed E-state index contributed by atoms with van der Waals surface area (Å²) in [5, 5.41) is 3.11. The first-order chi connectivity index (χ1) is 64.0. The van der Waals surface area contributed by atoms with Gasteiger partial charge in [0.15, 0.2) is 0 Å². The molecule has 0 spiro atoms. The van der Waals surface area contributed by atoms with Gasteiger partial charge in [-0.2, -0.15) is 0 Å². The van der Waals surface area contributed by atoms with E-state index in [0.29, 0.717) is 89.7 Å². The fraction of sp³-hybridized carbons (Fsp3) is 0.400. The summed E-state index contributed by atoms with van der Waals surface area (Å²) in [5.41, 5.74) is 33.6. The third kappa shape index (κ3) is 34.5. The number of nitrogens with two attached hydrogens (primary N) is 5. The predicted molar refractivity (Wildman–Crippen MR) is 499 cm³/mol. The summed E-state index contributed by atoms with van der Waals surface area (Å²) in [6, 6.07) is 52.7. The molecule has 0 saturated heterocycles. The molecular formula is C100H127F4N17O12. The Morgan fingerprint density at radius 2 is 0.466 bits per heavy atom. The predicted octanol–water partition coefficient (Wildman–Crippen LogP) is 8.53. The molecule has 8 aromatic carbocycles. The number of nitrogens with zero attached hydrogens (tertiary/aromatic N) is 11. The lowest BCUT2D eigenvalue weighted by atomic mass is 10.1. The lowest BCUT2D eigenvalue weighted by Gasteiger charge is -2.36.